The molecule has 1 aliphatic carbocycles. The van der Waals surface area contributed by atoms with Crippen molar-refractivity contribution in [2.45, 2.75) is 71.4 Å². The van der Waals surface area contributed by atoms with Crippen LogP contribution in [0.2, 0.25) is 0 Å². The predicted octanol–water partition coefficient (Wildman–Crippen LogP) is 3.36. The Labute approximate surface area is 107 Å². The van der Waals surface area contributed by atoms with E-state index in [1.54, 1.807) is 0 Å². The lowest BCUT2D eigenvalue weighted by atomic mass is 9.63. The normalized spacial score (nSPS) is 41.6. The van der Waals surface area contributed by atoms with E-state index in [0.29, 0.717) is 17.4 Å². The van der Waals surface area contributed by atoms with Gasteiger partial charge in [0.2, 0.25) is 0 Å². The summed E-state index contributed by atoms with van der Waals surface area (Å²) in [5, 5.41) is 3.62. The Morgan fingerprint density at radius 1 is 1.24 bits per heavy atom. The van der Waals surface area contributed by atoms with Crippen molar-refractivity contribution in [3.63, 3.8) is 0 Å². The fourth-order valence-corrected chi connectivity index (χ4v) is 3.88. The topological polar surface area (TPSA) is 21.3 Å². The van der Waals surface area contributed by atoms with E-state index in [4.69, 9.17) is 4.74 Å². The van der Waals surface area contributed by atoms with E-state index >= 15 is 0 Å². The van der Waals surface area contributed by atoms with E-state index in [1.165, 1.54) is 32.1 Å². The molecule has 0 bridgehead atoms. The first kappa shape index (κ1) is 13.4. The highest BCUT2D eigenvalue weighted by Crippen LogP contribution is 2.49. The maximum Gasteiger partial charge on any atom is 0.0723 e. The first-order chi connectivity index (χ1) is 7.97. The van der Waals surface area contributed by atoms with E-state index in [9.17, 15) is 0 Å². The number of hydrogen-bond acceptors (Lipinski definition) is 2. The SMILES string of the molecule is CCNC1CCOC2(CCC(C)(C)CC2C)C1. The summed E-state index contributed by atoms with van der Waals surface area (Å²) in [7, 11) is 0. The molecule has 1 saturated heterocycles. The number of ether oxygens (including phenoxy) is 1. The van der Waals surface area contributed by atoms with Crippen LogP contribution >= 0.6 is 0 Å². The molecule has 2 rings (SSSR count). The second-order valence-corrected chi connectivity index (χ2v) is 6.93. The summed E-state index contributed by atoms with van der Waals surface area (Å²) < 4.78 is 6.25. The quantitative estimate of drug-likeness (QED) is 0.798. The van der Waals surface area contributed by atoms with E-state index in [2.05, 4.69) is 33.0 Å². The number of rotatable bonds is 2. The Hall–Kier alpha value is -0.0800. The Balaban J connectivity index is 2.03. The number of hydrogen-bond donors (Lipinski definition) is 1. The molecule has 3 unspecified atom stereocenters. The molecule has 1 saturated carbocycles. The van der Waals surface area contributed by atoms with Gasteiger partial charge in [-0.2, -0.15) is 0 Å². The van der Waals surface area contributed by atoms with Gasteiger partial charge in [0.15, 0.2) is 0 Å². The molecular formula is C15H29NO. The molecular weight excluding hydrogens is 210 g/mol. The molecule has 0 aromatic rings. The van der Waals surface area contributed by atoms with E-state index < -0.39 is 0 Å². The lowest BCUT2D eigenvalue weighted by molar-refractivity contribution is -0.154. The lowest BCUT2D eigenvalue weighted by Crippen LogP contribution is -2.53. The van der Waals surface area contributed by atoms with Crippen molar-refractivity contribution in [1.82, 2.24) is 5.32 Å². The van der Waals surface area contributed by atoms with Gasteiger partial charge in [0.05, 0.1) is 5.60 Å². The maximum absolute atomic E-state index is 6.25. The Kier molecular flexibility index (Phi) is 3.84. The van der Waals surface area contributed by atoms with E-state index in [-0.39, 0.29) is 5.60 Å². The summed E-state index contributed by atoms with van der Waals surface area (Å²) in [6.45, 7) is 11.4. The van der Waals surface area contributed by atoms with E-state index in [1.807, 2.05) is 0 Å². The van der Waals surface area contributed by atoms with Gasteiger partial charge >= 0.3 is 0 Å². The minimum Gasteiger partial charge on any atom is -0.375 e. The first-order valence-electron chi connectivity index (χ1n) is 7.35. The van der Waals surface area contributed by atoms with Crippen molar-refractivity contribution >= 4 is 0 Å². The molecule has 2 fully saturated rings. The summed E-state index contributed by atoms with van der Waals surface area (Å²) in [4.78, 5) is 0. The monoisotopic (exact) mass is 239 g/mol. The highest BCUT2D eigenvalue weighted by atomic mass is 16.5. The van der Waals surface area contributed by atoms with Crippen LogP contribution in [0.5, 0.6) is 0 Å². The summed E-state index contributed by atoms with van der Waals surface area (Å²) >= 11 is 0. The highest BCUT2D eigenvalue weighted by Gasteiger charge is 2.47. The second kappa shape index (κ2) is 4.89. The van der Waals surface area contributed by atoms with Crippen molar-refractivity contribution < 1.29 is 4.74 Å². The fourth-order valence-electron chi connectivity index (χ4n) is 3.88. The van der Waals surface area contributed by atoms with Gasteiger partial charge in [-0.3, -0.25) is 0 Å². The van der Waals surface area contributed by atoms with Gasteiger partial charge in [-0.05, 0) is 50.0 Å². The van der Waals surface area contributed by atoms with Crippen molar-refractivity contribution in [3.8, 4) is 0 Å². The van der Waals surface area contributed by atoms with E-state index in [0.717, 1.165) is 13.2 Å². The zero-order chi connectivity index (χ0) is 12.5. The van der Waals surface area contributed by atoms with Crippen LogP contribution in [0.15, 0.2) is 0 Å². The number of nitrogens with one attached hydrogen (secondary N) is 1. The average molecular weight is 239 g/mol. The zero-order valence-electron chi connectivity index (χ0n) is 12.0. The molecule has 1 heterocycles. The molecule has 17 heavy (non-hydrogen) atoms. The smallest absolute Gasteiger partial charge is 0.0723 e. The Morgan fingerprint density at radius 2 is 2.00 bits per heavy atom. The van der Waals surface area contributed by atoms with Crippen molar-refractivity contribution in [3.05, 3.63) is 0 Å². The molecule has 1 N–H and O–H groups in total. The summed E-state index contributed by atoms with van der Waals surface area (Å²) in [6.07, 6.45) is 6.29. The van der Waals surface area contributed by atoms with Gasteiger partial charge in [0.1, 0.15) is 0 Å². The van der Waals surface area contributed by atoms with Gasteiger partial charge in [-0.15, -0.1) is 0 Å². The second-order valence-electron chi connectivity index (χ2n) is 6.93. The molecule has 0 aromatic heterocycles. The van der Waals surface area contributed by atoms with Crippen LogP contribution in [-0.4, -0.2) is 24.8 Å². The van der Waals surface area contributed by atoms with Crippen LogP contribution in [-0.2, 0) is 4.74 Å². The summed E-state index contributed by atoms with van der Waals surface area (Å²) in [5.74, 6) is 0.702. The third kappa shape index (κ3) is 2.85. The summed E-state index contributed by atoms with van der Waals surface area (Å²) in [5.41, 5.74) is 0.694. The Morgan fingerprint density at radius 3 is 2.65 bits per heavy atom. The van der Waals surface area contributed by atoms with Gasteiger partial charge < -0.3 is 10.1 Å². The average Bonchev–Trinajstić information content (AvgIpc) is 2.25. The van der Waals surface area contributed by atoms with Crippen LogP contribution in [0.1, 0.15) is 59.8 Å². The third-order valence-electron chi connectivity index (χ3n) is 4.92. The van der Waals surface area contributed by atoms with Crippen LogP contribution in [0.4, 0.5) is 0 Å². The van der Waals surface area contributed by atoms with Crippen LogP contribution < -0.4 is 5.32 Å². The maximum atomic E-state index is 6.25. The minimum absolute atomic E-state index is 0.181. The molecule has 0 amide bonds. The molecule has 2 nitrogen and oxygen atoms in total. The zero-order valence-corrected chi connectivity index (χ0v) is 12.0. The standard InChI is InChI=1S/C15H29NO/c1-5-16-13-6-9-17-15(11-13)8-7-14(3,4)10-12(15)2/h12-13,16H,5-11H2,1-4H3. The van der Waals surface area contributed by atoms with Crippen LogP contribution in [0, 0.1) is 11.3 Å². The van der Waals surface area contributed by atoms with Crippen LogP contribution in [0.25, 0.3) is 0 Å². The summed E-state index contributed by atoms with van der Waals surface area (Å²) in [6, 6.07) is 0.678. The lowest BCUT2D eigenvalue weighted by Gasteiger charge is -2.51. The first-order valence-corrected chi connectivity index (χ1v) is 7.35. The molecule has 1 spiro atoms. The van der Waals surface area contributed by atoms with Gasteiger partial charge in [-0.25, -0.2) is 0 Å². The van der Waals surface area contributed by atoms with Crippen LogP contribution in [0.3, 0.4) is 0 Å². The van der Waals surface area contributed by atoms with Crippen molar-refractivity contribution in [1.29, 1.82) is 0 Å². The molecule has 2 heteroatoms. The predicted molar refractivity (Wildman–Crippen MR) is 72.2 cm³/mol. The van der Waals surface area contributed by atoms with Crippen molar-refractivity contribution in [2.75, 3.05) is 13.2 Å². The Bertz CT molecular complexity index is 262. The van der Waals surface area contributed by atoms with Crippen molar-refractivity contribution in [2.24, 2.45) is 11.3 Å². The van der Waals surface area contributed by atoms with Gasteiger partial charge in [-0.1, -0.05) is 27.7 Å². The fraction of sp³-hybridized carbons (Fsp3) is 1.00. The minimum atomic E-state index is 0.181. The largest absolute Gasteiger partial charge is 0.375 e. The van der Waals surface area contributed by atoms with Gasteiger partial charge in [0, 0.05) is 12.6 Å². The molecule has 0 radical (unpaired) electrons. The molecule has 1 aliphatic heterocycles. The molecule has 0 aromatic carbocycles. The molecule has 3 atom stereocenters. The van der Waals surface area contributed by atoms with Gasteiger partial charge in [0.25, 0.3) is 0 Å². The third-order valence-corrected chi connectivity index (χ3v) is 4.92. The molecule has 100 valence electrons. The molecule has 2 aliphatic rings. The highest BCUT2D eigenvalue weighted by molar-refractivity contribution is 4.99.